The molecule has 1 aliphatic heterocycles. The summed E-state index contributed by atoms with van der Waals surface area (Å²) in [5, 5.41) is 6.39. The number of piperidine rings is 1. The van der Waals surface area contributed by atoms with Crippen LogP contribution in [0.15, 0.2) is 18.2 Å². The molecule has 98 valence electrons. The standard InChI is InChI=1S/C13H16ClFN2O/c14-10-3-4-12(15)11(6-10)13(18)17-8-9-2-1-5-16-7-9/h3-4,6,9,16H,1-2,5,7-8H2,(H,17,18). The van der Waals surface area contributed by atoms with Gasteiger partial charge in [0.05, 0.1) is 5.56 Å². The van der Waals surface area contributed by atoms with Crippen molar-refractivity contribution < 1.29 is 9.18 Å². The van der Waals surface area contributed by atoms with E-state index in [2.05, 4.69) is 10.6 Å². The molecule has 18 heavy (non-hydrogen) atoms. The van der Waals surface area contributed by atoms with Crippen LogP contribution in [0, 0.1) is 11.7 Å². The lowest BCUT2D eigenvalue weighted by atomic mass is 9.99. The molecule has 1 aromatic rings. The van der Waals surface area contributed by atoms with E-state index in [4.69, 9.17) is 11.6 Å². The maximum atomic E-state index is 13.5. The van der Waals surface area contributed by atoms with Gasteiger partial charge < -0.3 is 10.6 Å². The van der Waals surface area contributed by atoms with Crippen LogP contribution in [-0.2, 0) is 0 Å². The van der Waals surface area contributed by atoms with E-state index in [-0.39, 0.29) is 5.56 Å². The molecule has 2 N–H and O–H groups in total. The minimum Gasteiger partial charge on any atom is -0.352 e. The minimum absolute atomic E-state index is 0.00580. The highest BCUT2D eigenvalue weighted by atomic mass is 35.5. The second kappa shape index (κ2) is 6.16. The van der Waals surface area contributed by atoms with E-state index in [1.807, 2.05) is 0 Å². The summed E-state index contributed by atoms with van der Waals surface area (Å²) in [6.07, 6.45) is 2.21. The van der Waals surface area contributed by atoms with Crippen molar-refractivity contribution in [2.45, 2.75) is 12.8 Å². The summed E-state index contributed by atoms with van der Waals surface area (Å²) in [5.74, 6) is -0.524. The Balaban J connectivity index is 1.92. The zero-order valence-corrected chi connectivity index (χ0v) is 10.8. The molecular formula is C13H16ClFN2O. The van der Waals surface area contributed by atoms with Crippen molar-refractivity contribution in [2.24, 2.45) is 5.92 Å². The molecular weight excluding hydrogens is 255 g/mol. The Morgan fingerprint density at radius 2 is 2.39 bits per heavy atom. The van der Waals surface area contributed by atoms with Crippen LogP contribution in [-0.4, -0.2) is 25.5 Å². The summed E-state index contributed by atoms with van der Waals surface area (Å²) in [7, 11) is 0. The average molecular weight is 271 g/mol. The maximum Gasteiger partial charge on any atom is 0.254 e. The number of nitrogens with one attached hydrogen (secondary N) is 2. The molecule has 5 heteroatoms. The SMILES string of the molecule is O=C(NCC1CCCNC1)c1cc(Cl)ccc1F. The van der Waals surface area contributed by atoms with Crippen LogP contribution < -0.4 is 10.6 Å². The number of rotatable bonds is 3. The maximum absolute atomic E-state index is 13.5. The van der Waals surface area contributed by atoms with Gasteiger partial charge in [0.1, 0.15) is 5.82 Å². The van der Waals surface area contributed by atoms with E-state index in [1.54, 1.807) is 0 Å². The molecule has 2 rings (SSSR count). The van der Waals surface area contributed by atoms with E-state index in [1.165, 1.54) is 18.2 Å². The Morgan fingerprint density at radius 1 is 1.56 bits per heavy atom. The van der Waals surface area contributed by atoms with Crippen molar-refractivity contribution >= 4 is 17.5 Å². The largest absolute Gasteiger partial charge is 0.352 e. The van der Waals surface area contributed by atoms with Gasteiger partial charge in [-0.25, -0.2) is 4.39 Å². The van der Waals surface area contributed by atoms with E-state index >= 15 is 0 Å². The molecule has 0 aromatic heterocycles. The average Bonchev–Trinajstić information content (AvgIpc) is 2.40. The second-order valence-corrected chi connectivity index (χ2v) is 4.98. The summed E-state index contributed by atoms with van der Waals surface area (Å²) in [6, 6.07) is 3.99. The Bertz CT molecular complexity index is 433. The fourth-order valence-electron chi connectivity index (χ4n) is 2.10. The van der Waals surface area contributed by atoms with Gasteiger partial charge in [0.15, 0.2) is 0 Å². The molecule has 1 unspecified atom stereocenters. The van der Waals surface area contributed by atoms with Crippen LogP contribution in [0.4, 0.5) is 4.39 Å². The third-order valence-electron chi connectivity index (χ3n) is 3.12. The summed E-state index contributed by atoms with van der Waals surface area (Å²) >= 11 is 5.75. The molecule has 1 saturated heterocycles. The van der Waals surface area contributed by atoms with Crippen LogP contribution in [0.2, 0.25) is 5.02 Å². The quantitative estimate of drug-likeness (QED) is 0.884. The minimum atomic E-state index is -0.543. The van der Waals surface area contributed by atoms with Gasteiger partial charge in [0.2, 0.25) is 0 Å². The topological polar surface area (TPSA) is 41.1 Å². The predicted octanol–water partition coefficient (Wildman–Crippen LogP) is 2.21. The molecule has 1 fully saturated rings. The van der Waals surface area contributed by atoms with Gasteiger partial charge in [-0.3, -0.25) is 4.79 Å². The molecule has 1 atom stereocenters. The summed E-state index contributed by atoms with van der Waals surface area (Å²) < 4.78 is 13.5. The van der Waals surface area contributed by atoms with Gasteiger partial charge in [-0.15, -0.1) is 0 Å². The molecule has 0 bridgehead atoms. The Kier molecular flexibility index (Phi) is 4.55. The third-order valence-corrected chi connectivity index (χ3v) is 3.36. The third kappa shape index (κ3) is 3.43. The summed E-state index contributed by atoms with van der Waals surface area (Å²) in [6.45, 7) is 2.50. The lowest BCUT2D eigenvalue weighted by Gasteiger charge is -2.22. The lowest BCUT2D eigenvalue weighted by Crippen LogP contribution is -2.38. The van der Waals surface area contributed by atoms with Crippen molar-refractivity contribution in [3.8, 4) is 0 Å². The zero-order chi connectivity index (χ0) is 13.0. The van der Waals surface area contributed by atoms with Crippen LogP contribution >= 0.6 is 11.6 Å². The van der Waals surface area contributed by atoms with Crippen LogP contribution in [0.1, 0.15) is 23.2 Å². The number of halogens is 2. The first kappa shape index (κ1) is 13.3. The fourth-order valence-corrected chi connectivity index (χ4v) is 2.27. The predicted molar refractivity (Wildman–Crippen MR) is 69.3 cm³/mol. The van der Waals surface area contributed by atoms with Crippen molar-refractivity contribution in [2.75, 3.05) is 19.6 Å². The van der Waals surface area contributed by atoms with E-state index < -0.39 is 11.7 Å². The number of carbonyl (C=O) groups is 1. The van der Waals surface area contributed by atoms with Gasteiger partial charge in [-0.05, 0) is 50.0 Å². The van der Waals surface area contributed by atoms with E-state index in [9.17, 15) is 9.18 Å². The van der Waals surface area contributed by atoms with Gasteiger partial charge >= 0.3 is 0 Å². The van der Waals surface area contributed by atoms with Gasteiger partial charge in [0, 0.05) is 11.6 Å². The first-order chi connectivity index (χ1) is 8.66. The van der Waals surface area contributed by atoms with Crippen molar-refractivity contribution in [3.05, 3.63) is 34.6 Å². The molecule has 1 aliphatic rings. The number of hydrogen-bond donors (Lipinski definition) is 2. The van der Waals surface area contributed by atoms with Gasteiger partial charge in [-0.1, -0.05) is 11.6 Å². The van der Waals surface area contributed by atoms with Crippen molar-refractivity contribution in [1.29, 1.82) is 0 Å². The molecule has 1 aromatic carbocycles. The normalized spacial score (nSPS) is 19.6. The Morgan fingerprint density at radius 3 is 3.11 bits per heavy atom. The summed E-state index contributed by atoms with van der Waals surface area (Å²) in [5.41, 5.74) is 0.00580. The van der Waals surface area contributed by atoms with Crippen molar-refractivity contribution in [3.63, 3.8) is 0 Å². The zero-order valence-electron chi connectivity index (χ0n) is 10.0. The number of carbonyl (C=O) groups excluding carboxylic acids is 1. The lowest BCUT2D eigenvalue weighted by molar-refractivity contribution is 0.0941. The molecule has 0 radical (unpaired) electrons. The first-order valence-corrected chi connectivity index (χ1v) is 6.48. The Hall–Kier alpha value is -1.13. The highest BCUT2D eigenvalue weighted by Crippen LogP contribution is 2.15. The molecule has 0 saturated carbocycles. The molecule has 0 aliphatic carbocycles. The van der Waals surface area contributed by atoms with Crippen LogP contribution in [0.3, 0.4) is 0 Å². The first-order valence-electron chi connectivity index (χ1n) is 6.11. The highest BCUT2D eigenvalue weighted by Gasteiger charge is 2.16. The molecule has 1 amide bonds. The fraction of sp³-hybridized carbons (Fsp3) is 0.462. The second-order valence-electron chi connectivity index (χ2n) is 4.55. The summed E-state index contributed by atoms with van der Waals surface area (Å²) in [4.78, 5) is 11.8. The van der Waals surface area contributed by atoms with Crippen LogP contribution in [0.25, 0.3) is 0 Å². The Labute approximate surface area is 111 Å². The highest BCUT2D eigenvalue weighted by molar-refractivity contribution is 6.30. The van der Waals surface area contributed by atoms with E-state index in [0.29, 0.717) is 17.5 Å². The van der Waals surface area contributed by atoms with Gasteiger partial charge in [-0.2, -0.15) is 0 Å². The van der Waals surface area contributed by atoms with Crippen molar-refractivity contribution in [1.82, 2.24) is 10.6 Å². The monoisotopic (exact) mass is 270 g/mol. The number of benzene rings is 1. The smallest absolute Gasteiger partial charge is 0.254 e. The molecule has 0 spiro atoms. The molecule has 1 heterocycles. The number of amides is 1. The molecule has 3 nitrogen and oxygen atoms in total. The van der Waals surface area contributed by atoms with Gasteiger partial charge in [0.25, 0.3) is 5.91 Å². The number of hydrogen-bond acceptors (Lipinski definition) is 2. The van der Waals surface area contributed by atoms with Crippen LogP contribution in [0.5, 0.6) is 0 Å². The van der Waals surface area contributed by atoms with E-state index in [0.717, 1.165) is 25.9 Å².